The minimum atomic E-state index is -1.63. The van der Waals surface area contributed by atoms with Crippen LogP contribution in [0.2, 0.25) is 0 Å². The number of aliphatic carboxylic acids is 2. The molecule has 0 spiro atoms. The predicted molar refractivity (Wildman–Crippen MR) is 108 cm³/mol. The van der Waals surface area contributed by atoms with Crippen LogP contribution in [0.4, 0.5) is 5.13 Å². The number of nitrogens with zero attached hydrogens (tertiary/aromatic N) is 3. The van der Waals surface area contributed by atoms with Crippen LogP contribution in [0, 0.1) is 0 Å². The molecule has 1 fully saturated rings. The number of hydrogen-bond donors (Lipinski definition) is 2. The van der Waals surface area contributed by atoms with Gasteiger partial charge in [-0.2, -0.15) is 0 Å². The number of rotatable bonds is 9. The van der Waals surface area contributed by atoms with Crippen molar-refractivity contribution in [2.75, 3.05) is 24.7 Å². The SMILES string of the molecule is CC(=O)OCC1=C(C(=O)[O-])N2C(=O)[C@@H](NC(=O)/C(=N\OCC(=O)[O-])c3csc(N)n3)[C@H]2SC1.[Na+].[Na+]. The van der Waals surface area contributed by atoms with E-state index >= 15 is 0 Å². The number of fused-ring (bicyclic) bond motifs is 1. The number of nitrogens with two attached hydrogens (primary N) is 1. The number of carbonyl (C=O) groups is 5. The number of oxime groups is 1. The Hall–Kier alpha value is -1.66. The number of thiazole rings is 1. The first-order chi connectivity index (χ1) is 15.6. The number of amides is 2. The third-order valence-electron chi connectivity index (χ3n) is 4.29. The smallest absolute Gasteiger partial charge is 0.546 e. The number of ether oxygens (including phenoxy) is 1. The molecule has 3 heterocycles. The second-order valence-electron chi connectivity index (χ2n) is 6.54. The van der Waals surface area contributed by atoms with Crippen molar-refractivity contribution in [2.45, 2.75) is 18.3 Å². The van der Waals surface area contributed by atoms with Crippen LogP contribution < -0.4 is 80.4 Å². The number of carboxylic acid groups (broad SMARTS) is 2. The summed E-state index contributed by atoms with van der Waals surface area (Å²) in [6, 6.07) is -1.13. The van der Waals surface area contributed by atoms with E-state index < -0.39 is 59.2 Å². The van der Waals surface area contributed by atoms with Crippen LogP contribution in [0.25, 0.3) is 0 Å². The topological polar surface area (TPSA) is 216 Å². The number of esters is 1. The molecule has 2 atom stereocenters. The maximum atomic E-state index is 12.8. The Kier molecular flexibility index (Phi) is 12.2. The van der Waals surface area contributed by atoms with E-state index in [4.69, 9.17) is 10.5 Å². The molecule has 0 aliphatic carbocycles. The van der Waals surface area contributed by atoms with Gasteiger partial charge in [0.1, 0.15) is 23.7 Å². The molecule has 0 radical (unpaired) electrons. The molecule has 2 aliphatic rings. The van der Waals surface area contributed by atoms with Gasteiger partial charge in [-0.25, -0.2) is 4.98 Å². The van der Waals surface area contributed by atoms with Crippen LogP contribution in [0.15, 0.2) is 21.8 Å². The van der Waals surface area contributed by atoms with E-state index in [0.29, 0.717) is 0 Å². The number of nitrogen functional groups attached to an aromatic ring is 1. The van der Waals surface area contributed by atoms with Gasteiger partial charge in [-0.15, -0.1) is 23.1 Å². The minimum Gasteiger partial charge on any atom is -0.546 e. The van der Waals surface area contributed by atoms with Gasteiger partial charge >= 0.3 is 65.1 Å². The zero-order valence-corrected chi connectivity index (χ0v) is 24.4. The number of thioether (sulfide) groups is 1. The predicted octanol–water partition coefficient (Wildman–Crippen LogP) is -9.83. The second kappa shape index (κ2) is 13.6. The van der Waals surface area contributed by atoms with Gasteiger partial charge in [0.2, 0.25) is 0 Å². The summed E-state index contributed by atoms with van der Waals surface area (Å²) in [7, 11) is 0. The molecule has 1 aromatic heterocycles. The van der Waals surface area contributed by atoms with Gasteiger partial charge in [0, 0.05) is 23.6 Å². The zero-order chi connectivity index (χ0) is 24.3. The molecule has 3 N–H and O–H groups in total. The summed E-state index contributed by atoms with van der Waals surface area (Å²) < 4.78 is 4.83. The van der Waals surface area contributed by atoms with Crippen LogP contribution in [0.3, 0.4) is 0 Å². The Morgan fingerprint density at radius 2 is 2.00 bits per heavy atom. The largest absolute Gasteiger partial charge is 1.00 e. The average Bonchev–Trinajstić information content (AvgIpc) is 3.17. The summed E-state index contributed by atoms with van der Waals surface area (Å²) in [5.41, 5.74) is 4.85. The second-order valence-corrected chi connectivity index (χ2v) is 8.53. The first kappa shape index (κ1) is 31.4. The molecular weight excluding hydrogens is 528 g/mol. The fourth-order valence-electron chi connectivity index (χ4n) is 2.93. The van der Waals surface area contributed by atoms with Gasteiger partial charge in [0.25, 0.3) is 11.8 Å². The fraction of sp³-hybridized carbons (Fsp3) is 0.353. The van der Waals surface area contributed by atoms with Gasteiger partial charge in [0.15, 0.2) is 17.5 Å². The summed E-state index contributed by atoms with van der Waals surface area (Å²) in [5, 5.41) is 28.8. The van der Waals surface area contributed by atoms with E-state index in [1.807, 2.05) is 0 Å². The van der Waals surface area contributed by atoms with Gasteiger partial charge in [-0.1, -0.05) is 5.16 Å². The molecule has 1 saturated heterocycles. The van der Waals surface area contributed by atoms with Gasteiger partial charge in [0.05, 0.1) is 17.6 Å². The summed E-state index contributed by atoms with van der Waals surface area (Å²) in [4.78, 5) is 68.1. The first-order valence-corrected chi connectivity index (χ1v) is 11.0. The molecule has 0 saturated carbocycles. The van der Waals surface area contributed by atoms with Crippen molar-refractivity contribution >= 4 is 63.7 Å². The molecule has 14 nitrogen and oxygen atoms in total. The maximum Gasteiger partial charge on any atom is 1.00 e. The van der Waals surface area contributed by atoms with Crippen LogP contribution in [0.5, 0.6) is 0 Å². The number of hydrogen-bond acceptors (Lipinski definition) is 14. The quantitative estimate of drug-likeness (QED) is 0.0976. The molecule has 1 aromatic rings. The Balaban J connectivity index is 0.00000306. The monoisotopic (exact) mass is 543 g/mol. The van der Waals surface area contributed by atoms with Crippen molar-refractivity contribution in [1.82, 2.24) is 15.2 Å². The van der Waals surface area contributed by atoms with Crippen LogP contribution in [-0.2, 0) is 33.5 Å². The van der Waals surface area contributed by atoms with Crippen LogP contribution in [0.1, 0.15) is 12.6 Å². The molecular formula is C17H15N5Na2O9S2. The molecule has 35 heavy (non-hydrogen) atoms. The molecule has 0 unspecified atom stereocenters. The zero-order valence-electron chi connectivity index (χ0n) is 18.8. The Morgan fingerprint density at radius 3 is 2.54 bits per heavy atom. The molecule has 0 bridgehead atoms. The number of carboxylic acids is 2. The van der Waals surface area contributed by atoms with Crippen molar-refractivity contribution in [1.29, 1.82) is 0 Å². The van der Waals surface area contributed by atoms with Crippen molar-refractivity contribution in [3.8, 4) is 0 Å². The van der Waals surface area contributed by atoms with E-state index in [2.05, 4.69) is 20.3 Å². The van der Waals surface area contributed by atoms with E-state index in [1.54, 1.807) is 0 Å². The fourth-order valence-corrected chi connectivity index (χ4v) is 4.81. The van der Waals surface area contributed by atoms with Gasteiger partial charge in [-0.05, 0) is 0 Å². The Labute approximate surface area is 250 Å². The minimum absolute atomic E-state index is 0. The normalized spacial score (nSPS) is 18.8. The van der Waals surface area contributed by atoms with Crippen molar-refractivity contribution in [3.05, 3.63) is 22.3 Å². The maximum absolute atomic E-state index is 12.8. The molecule has 176 valence electrons. The van der Waals surface area contributed by atoms with Crippen molar-refractivity contribution in [3.63, 3.8) is 0 Å². The third-order valence-corrected chi connectivity index (χ3v) is 6.31. The van der Waals surface area contributed by atoms with Crippen LogP contribution in [-0.4, -0.2) is 75.7 Å². The third kappa shape index (κ3) is 7.42. The molecule has 3 rings (SSSR count). The number of β-lactam (4-membered cyclic amide) rings is 1. The molecule has 2 amide bonds. The number of anilines is 1. The first-order valence-electron chi connectivity index (χ1n) is 9.03. The summed E-state index contributed by atoms with van der Waals surface area (Å²) >= 11 is 2.13. The van der Waals surface area contributed by atoms with E-state index in [1.165, 1.54) is 5.38 Å². The van der Waals surface area contributed by atoms with Crippen LogP contribution >= 0.6 is 23.1 Å². The molecule has 2 aliphatic heterocycles. The summed E-state index contributed by atoms with van der Waals surface area (Å²) in [6.45, 7) is -0.100. The van der Waals surface area contributed by atoms with E-state index in [-0.39, 0.29) is 87.9 Å². The Bertz CT molecular complexity index is 1090. The van der Waals surface area contributed by atoms with Crippen molar-refractivity contribution in [2.24, 2.45) is 5.16 Å². The molecule has 18 heteroatoms. The number of aromatic nitrogens is 1. The van der Waals surface area contributed by atoms with E-state index in [0.717, 1.165) is 34.9 Å². The van der Waals surface area contributed by atoms with Gasteiger partial charge in [-0.3, -0.25) is 19.3 Å². The molecule has 0 aromatic carbocycles. The summed E-state index contributed by atoms with van der Waals surface area (Å²) in [6.07, 6.45) is 0. The van der Waals surface area contributed by atoms with E-state index in [9.17, 15) is 34.2 Å². The van der Waals surface area contributed by atoms with Crippen molar-refractivity contribution < 1.29 is 103 Å². The number of carbonyl (C=O) groups excluding carboxylic acids is 5. The average molecular weight is 543 g/mol. The number of nitrogens with one attached hydrogen (secondary N) is 1. The summed E-state index contributed by atoms with van der Waals surface area (Å²) in [5.74, 6) is -5.39. The van der Waals surface area contributed by atoms with Gasteiger partial charge < -0.3 is 40.4 Å². The Morgan fingerprint density at radius 1 is 1.31 bits per heavy atom. The standard InChI is InChI=1S/C17H17N5O9S2.2Na/c1-6(23)30-2-7-4-32-15-11(14(27)22(15)12(7)16(28)29)20-13(26)10(21-31-3-9(24)25)8-5-33-17(18)19-8;;/h5,11,15H,2-4H2,1H3,(H2,18,19)(H,20,26)(H,24,25)(H,28,29);;/q;2*+1/p-2/b21-10-;;/t11-,15-;;/m1../s1.